The fourth-order valence-corrected chi connectivity index (χ4v) is 6.01. The third-order valence-corrected chi connectivity index (χ3v) is 6.11. The number of hydrogen-bond acceptors (Lipinski definition) is 2. The Kier molecular flexibility index (Phi) is 3.07. The van der Waals surface area contributed by atoms with Crippen LogP contribution in [0.15, 0.2) is 24.3 Å². The Bertz CT molecular complexity index is 584. The van der Waals surface area contributed by atoms with Crippen molar-refractivity contribution < 1.29 is 9.53 Å². The van der Waals surface area contributed by atoms with E-state index in [1.165, 1.54) is 6.42 Å². The second-order valence-corrected chi connectivity index (χ2v) is 8.48. The van der Waals surface area contributed by atoms with Crippen LogP contribution in [0.1, 0.15) is 38.5 Å². The van der Waals surface area contributed by atoms with Crippen LogP contribution in [-0.4, -0.2) is 10.8 Å². The summed E-state index contributed by atoms with van der Waals surface area (Å²) in [5.41, 5.74) is -0.367. The average molecular weight is 325 g/mol. The fourth-order valence-electron chi connectivity index (χ4n) is 5.14. The van der Waals surface area contributed by atoms with Gasteiger partial charge in [0.1, 0.15) is 5.75 Å². The standard InChI is InChI=1S/C17H18Cl2O2/c18-13-2-1-3-14(5-13)21-15(20)16-6-11-4-12(7-16)9-17(19,8-11)10-16/h1-3,5,11-12H,4,6-10H2/t11-,12+,16?,17?. The molecular weight excluding hydrogens is 307 g/mol. The monoisotopic (exact) mass is 324 g/mol. The van der Waals surface area contributed by atoms with Crippen molar-refractivity contribution in [2.75, 3.05) is 0 Å². The number of carbonyl (C=O) groups excluding carboxylic acids is 1. The van der Waals surface area contributed by atoms with Gasteiger partial charge in [0.15, 0.2) is 0 Å². The van der Waals surface area contributed by atoms with E-state index in [1.807, 2.05) is 0 Å². The summed E-state index contributed by atoms with van der Waals surface area (Å²) >= 11 is 12.7. The van der Waals surface area contributed by atoms with Crippen LogP contribution in [0.5, 0.6) is 5.75 Å². The van der Waals surface area contributed by atoms with E-state index < -0.39 is 0 Å². The normalized spacial score (nSPS) is 40.3. The van der Waals surface area contributed by atoms with E-state index in [0.29, 0.717) is 22.6 Å². The molecule has 4 saturated carbocycles. The van der Waals surface area contributed by atoms with Gasteiger partial charge in [-0.15, -0.1) is 11.6 Å². The predicted molar refractivity (Wildman–Crippen MR) is 82.8 cm³/mol. The summed E-state index contributed by atoms with van der Waals surface area (Å²) in [5, 5.41) is 0.583. The Balaban J connectivity index is 1.59. The largest absolute Gasteiger partial charge is 0.426 e. The van der Waals surface area contributed by atoms with Gasteiger partial charge in [-0.1, -0.05) is 17.7 Å². The van der Waals surface area contributed by atoms with E-state index in [-0.39, 0.29) is 16.3 Å². The summed E-state index contributed by atoms with van der Waals surface area (Å²) in [6, 6.07) is 7.04. The minimum Gasteiger partial charge on any atom is -0.426 e. The number of benzene rings is 1. The lowest BCUT2D eigenvalue weighted by atomic mass is 9.49. The van der Waals surface area contributed by atoms with Crippen molar-refractivity contribution in [1.82, 2.24) is 0 Å². The van der Waals surface area contributed by atoms with Gasteiger partial charge in [-0.2, -0.15) is 0 Å². The van der Waals surface area contributed by atoms with Crippen molar-refractivity contribution in [2.45, 2.75) is 43.4 Å². The van der Waals surface area contributed by atoms with Gasteiger partial charge in [-0.3, -0.25) is 4.79 Å². The van der Waals surface area contributed by atoms with Gasteiger partial charge < -0.3 is 4.74 Å². The molecule has 0 spiro atoms. The molecule has 4 aliphatic carbocycles. The molecule has 2 unspecified atom stereocenters. The number of ether oxygens (including phenoxy) is 1. The maximum atomic E-state index is 12.8. The van der Waals surface area contributed by atoms with E-state index >= 15 is 0 Å². The number of esters is 1. The lowest BCUT2D eigenvalue weighted by Crippen LogP contribution is -2.56. The Labute approximate surface area is 134 Å². The second kappa shape index (κ2) is 4.63. The van der Waals surface area contributed by atoms with Gasteiger partial charge in [-0.25, -0.2) is 0 Å². The smallest absolute Gasteiger partial charge is 0.317 e. The van der Waals surface area contributed by atoms with Crippen molar-refractivity contribution in [3.05, 3.63) is 29.3 Å². The molecule has 0 aliphatic heterocycles. The molecular formula is C17H18Cl2O2. The number of alkyl halides is 1. The zero-order chi connectivity index (χ0) is 14.7. The van der Waals surface area contributed by atoms with Gasteiger partial charge in [0.05, 0.1) is 5.41 Å². The Hall–Kier alpha value is -0.730. The van der Waals surface area contributed by atoms with E-state index in [1.54, 1.807) is 24.3 Å². The van der Waals surface area contributed by atoms with Crippen molar-refractivity contribution >= 4 is 29.2 Å². The lowest BCUT2D eigenvalue weighted by Gasteiger charge is -2.58. The number of halogens is 2. The number of carbonyl (C=O) groups is 1. The highest BCUT2D eigenvalue weighted by molar-refractivity contribution is 6.30. The topological polar surface area (TPSA) is 26.3 Å². The lowest BCUT2D eigenvalue weighted by molar-refractivity contribution is -0.159. The van der Waals surface area contributed by atoms with Gasteiger partial charge in [0.2, 0.25) is 0 Å². The van der Waals surface area contributed by atoms with Crippen LogP contribution in [0.4, 0.5) is 0 Å². The third kappa shape index (κ3) is 2.37. The Morgan fingerprint density at radius 2 is 1.90 bits per heavy atom. The van der Waals surface area contributed by atoms with Crippen molar-refractivity contribution in [1.29, 1.82) is 0 Å². The first-order valence-corrected chi connectivity index (χ1v) is 8.39. The second-order valence-electron chi connectivity index (χ2n) is 7.24. The van der Waals surface area contributed by atoms with Gasteiger partial charge in [0, 0.05) is 9.90 Å². The van der Waals surface area contributed by atoms with Crippen LogP contribution in [0.3, 0.4) is 0 Å². The van der Waals surface area contributed by atoms with Crippen LogP contribution < -0.4 is 4.74 Å². The van der Waals surface area contributed by atoms with Crippen molar-refractivity contribution in [2.24, 2.45) is 17.3 Å². The van der Waals surface area contributed by atoms with Crippen LogP contribution in [0.25, 0.3) is 0 Å². The summed E-state index contributed by atoms with van der Waals surface area (Å²) in [4.78, 5) is 12.6. The van der Waals surface area contributed by atoms with E-state index in [2.05, 4.69) is 0 Å². The molecule has 2 nitrogen and oxygen atoms in total. The molecule has 0 radical (unpaired) electrons. The summed E-state index contributed by atoms with van der Waals surface area (Å²) < 4.78 is 5.64. The van der Waals surface area contributed by atoms with E-state index in [4.69, 9.17) is 27.9 Å². The molecule has 0 N–H and O–H groups in total. The van der Waals surface area contributed by atoms with Gasteiger partial charge in [0.25, 0.3) is 0 Å². The summed E-state index contributed by atoms with van der Waals surface area (Å²) in [6.07, 6.45) is 6.03. The van der Waals surface area contributed by atoms with Crippen LogP contribution in [0, 0.1) is 17.3 Å². The first-order chi connectivity index (χ1) is 9.96. The summed E-state index contributed by atoms with van der Waals surface area (Å²) in [6.45, 7) is 0. The van der Waals surface area contributed by atoms with Crippen LogP contribution in [-0.2, 0) is 4.79 Å². The maximum Gasteiger partial charge on any atom is 0.317 e. The predicted octanol–water partition coefficient (Wildman–Crippen LogP) is 4.82. The quantitative estimate of drug-likeness (QED) is 0.442. The first-order valence-electron chi connectivity index (χ1n) is 7.63. The zero-order valence-corrected chi connectivity index (χ0v) is 13.3. The highest BCUT2D eigenvalue weighted by Gasteiger charge is 2.60. The minimum absolute atomic E-state index is 0.108. The van der Waals surface area contributed by atoms with E-state index in [9.17, 15) is 4.79 Å². The molecule has 1 aromatic carbocycles. The highest BCUT2D eigenvalue weighted by Crippen LogP contribution is 2.64. The van der Waals surface area contributed by atoms with E-state index in [0.717, 1.165) is 32.1 Å². The third-order valence-electron chi connectivity index (χ3n) is 5.43. The fraction of sp³-hybridized carbons (Fsp3) is 0.588. The van der Waals surface area contributed by atoms with Crippen molar-refractivity contribution in [3.8, 4) is 5.75 Å². The highest BCUT2D eigenvalue weighted by atomic mass is 35.5. The molecule has 0 aromatic heterocycles. The van der Waals surface area contributed by atoms with Crippen LogP contribution >= 0.6 is 23.2 Å². The molecule has 112 valence electrons. The molecule has 21 heavy (non-hydrogen) atoms. The maximum absolute atomic E-state index is 12.8. The molecule has 0 heterocycles. The van der Waals surface area contributed by atoms with Gasteiger partial charge >= 0.3 is 5.97 Å². The van der Waals surface area contributed by atoms with Crippen molar-refractivity contribution in [3.63, 3.8) is 0 Å². The molecule has 5 rings (SSSR count). The Morgan fingerprint density at radius 1 is 1.19 bits per heavy atom. The molecule has 4 aliphatic rings. The number of hydrogen-bond donors (Lipinski definition) is 0. The molecule has 0 amide bonds. The van der Waals surface area contributed by atoms with Gasteiger partial charge in [-0.05, 0) is 68.6 Å². The molecule has 1 aromatic rings. The van der Waals surface area contributed by atoms with Crippen LogP contribution in [0.2, 0.25) is 5.02 Å². The minimum atomic E-state index is -0.367. The molecule has 0 saturated heterocycles. The SMILES string of the molecule is O=C(Oc1cccc(Cl)c1)C12C[C@@H]3C[C@@H](CC(Cl)(C3)C1)C2. The molecule has 4 fully saturated rings. The average Bonchev–Trinajstić information content (AvgIpc) is 2.35. The molecule has 4 bridgehead atoms. The number of rotatable bonds is 2. The molecule has 4 atom stereocenters. The summed E-state index contributed by atoms with van der Waals surface area (Å²) in [7, 11) is 0. The summed E-state index contributed by atoms with van der Waals surface area (Å²) in [5.74, 6) is 1.61. The first kappa shape index (κ1) is 13.9. The zero-order valence-electron chi connectivity index (χ0n) is 11.8. The molecule has 4 heteroatoms. The Morgan fingerprint density at radius 3 is 2.52 bits per heavy atom.